The second-order valence-electron chi connectivity index (χ2n) is 7.40. The van der Waals surface area contributed by atoms with Crippen molar-refractivity contribution in [3.05, 3.63) is 76.2 Å². The smallest absolute Gasteiger partial charge is 0.274 e. The molecule has 0 aliphatic carbocycles. The molecular formula is C23H25N3O2. The highest BCUT2D eigenvalue weighted by atomic mass is 16.2. The Labute approximate surface area is 164 Å². The third-order valence-corrected chi connectivity index (χ3v) is 5.39. The summed E-state index contributed by atoms with van der Waals surface area (Å²) in [6.07, 6.45) is 5.60. The largest absolute Gasteiger partial charge is 0.337 e. The van der Waals surface area contributed by atoms with Crippen molar-refractivity contribution < 1.29 is 4.79 Å². The average Bonchev–Trinajstić information content (AvgIpc) is 2.70. The molecule has 144 valence electrons. The lowest BCUT2D eigenvalue weighted by atomic mass is 10.1. The van der Waals surface area contributed by atoms with E-state index in [4.69, 9.17) is 0 Å². The van der Waals surface area contributed by atoms with Gasteiger partial charge in [-0.2, -0.15) is 5.10 Å². The van der Waals surface area contributed by atoms with Gasteiger partial charge in [0.05, 0.1) is 11.9 Å². The van der Waals surface area contributed by atoms with E-state index in [2.05, 4.69) is 5.10 Å². The van der Waals surface area contributed by atoms with E-state index >= 15 is 0 Å². The normalized spacial score (nSPS) is 15.2. The minimum atomic E-state index is -0.163. The molecule has 1 aromatic heterocycles. The molecule has 1 fully saturated rings. The Morgan fingerprint density at radius 1 is 0.821 bits per heavy atom. The predicted molar refractivity (Wildman–Crippen MR) is 111 cm³/mol. The van der Waals surface area contributed by atoms with Gasteiger partial charge in [0.2, 0.25) is 0 Å². The molecule has 1 saturated heterocycles. The lowest BCUT2D eigenvalue weighted by Gasteiger charge is -2.25. The molecule has 5 heteroatoms. The van der Waals surface area contributed by atoms with E-state index < -0.39 is 0 Å². The number of amides is 1. The van der Waals surface area contributed by atoms with Crippen LogP contribution in [0, 0.1) is 0 Å². The van der Waals surface area contributed by atoms with Crippen LogP contribution >= 0.6 is 0 Å². The summed E-state index contributed by atoms with van der Waals surface area (Å²) in [5.74, 6) is -0.0695. The second kappa shape index (κ2) is 8.38. The van der Waals surface area contributed by atoms with Crippen LogP contribution in [0.5, 0.6) is 0 Å². The van der Waals surface area contributed by atoms with E-state index in [0.717, 1.165) is 44.3 Å². The molecule has 0 spiro atoms. The lowest BCUT2D eigenvalue weighted by molar-refractivity contribution is 0.0736. The molecule has 0 N–H and O–H groups in total. The van der Waals surface area contributed by atoms with E-state index in [1.165, 1.54) is 11.1 Å². The molecular weight excluding hydrogens is 350 g/mol. The van der Waals surface area contributed by atoms with Crippen molar-refractivity contribution in [1.82, 2.24) is 14.7 Å². The topological polar surface area (TPSA) is 55.2 Å². The van der Waals surface area contributed by atoms with Gasteiger partial charge in [-0.3, -0.25) is 9.59 Å². The fourth-order valence-electron chi connectivity index (χ4n) is 3.86. The number of fused-ring (bicyclic) bond motifs is 1. The summed E-state index contributed by atoms with van der Waals surface area (Å²) in [6.45, 7) is 1.87. The Morgan fingerprint density at radius 2 is 1.43 bits per heavy atom. The average molecular weight is 375 g/mol. The summed E-state index contributed by atoms with van der Waals surface area (Å²) in [7, 11) is 0. The van der Waals surface area contributed by atoms with Crippen LogP contribution in [-0.2, 0) is 6.54 Å². The molecule has 28 heavy (non-hydrogen) atoms. The first-order valence-electron chi connectivity index (χ1n) is 10.1. The van der Waals surface area contributed by atoms with Gasteiger partial charge < -0.3 is 4.90 Å². The highest BCUT2D eigenvalue weighted by Gasteiger charge is 2.22. The van der Waals surface area contributed by atoms with Crippen LogP contribution < -0.4 is 5.56 Å². The third-order valence-electron chi connectivity index (χ3n) is 5.39. The van der Waals surface area contributed by atoms with E-state index in [0.29, 0.717) is 23.0 Å². The zero-order chi connectivity index (χ0) is 19.3. The molecule has 1 amide bonds. The van der Waals surface area contributed by atoms with Crippen LogP contribution in [-0.4, -0.2) is 33.7 Å². The zero-order valence-electron chi connectivity index (χ0n) is 16.0. The molecule has 0 saturated carbocycles. The van der Waals surface area contributed by atoms with Gasteiger partial charge in [0, 0.05) is 18.5 Å². The molecule has 0 bridgehead atoms. The Balaban J connectivity index is 1.77. The minimum absolute atomic E-state index is 0.0695. The lowest BCUT2D eigenvalue weighted by Crippen LogP contribution is -2.36. The summed E-state index contributed by atoms with van der Waals surface area (Å²) in [4.78, 5) is 28.2. The van der Waals surface area contributed by atoms with Crippen molar-refractivity contribution in [3.8, 4) is 0 Å². The van der Waals surface area contributed by atoms with E-state index in [1.54, 1.807) is 6.07 Å². The van der Waals surface area contributed by atoms with Crippen LogP contribution in [0.25, 0.3) is 10.8 Å². The van der Waals surface area contributed by atoms with Crippen LogP contribution in [0.3, 0.4) is 0 Å². The van der Waals surface area contributed by atoms with Crippen molar-refractivity contribution in [2.75, 3.05) is 13.1 Å². The van der Waals surface area contributed by atoms with Crippen LogP contribution in [0.4, 0.5) is 0 Å². The third kappa shape index (κ3) is 3.84. The van der Waals surface area contributed by atoms with Gasteiger partial charge in [0.15, 0.2) is 5.69 Å². The van der Waals surface area contributed by atoms with Gasteiger partial charge in [-0.25, -0.2) is 4.68 Å². The summed E-state index contributed by atoms with van der Waals surface area (Å²) in [5, 5.41) is 5.73. The number of likely N-dealkylation sites (tertiary alicyclic amines) is 1. The summed E-state index contributed by atoms with van der Waals surface area (Å²) in [5.41, 5.74) is 1.20. The number of carbonyl (C=O) groups excluding carboxylic acids is 1. The SMILES string of the molecule is O=C(c1nn(Cc2ccccc2)c(=O)c2ccccc12)N1CCCCCCC1. The molecule has 0 unspecified atom stereocenters. The Kier molecular flexibility index (Phi) is 5.51. The summed E-state index contributed by atoms with van der Waals surface area (Å²) < 4.78 is 1.43. The molecule has 4 rings (SSSR count). The van der Waals surface area contributed by atoms with Crippen molar-refractivity contribution >= 4 is 16.7 Å². The molecule has 0 atom stereocenters. The molecule has 1 aliphatic heterocycles. The van der Waals surface area contributed by atoms with Gasteiger partial charge in [0.1, 0.15) is 0 Å². The first kappa shape index (κ1) is 18.4. The van der Waals surface area contributed by atoms with Crippen molar-refractivity contribution in [3.63, 3.8) is 0 Å². The Morgan fingerprint density at radius 3 is 2.14 bits per heavy atom. The fourth-order valence-corrected chi connectivity index (χ4v) is 3.86. The molecule has 1 aliphatic rings. The Bertz CT molecular complexity index is 1020. The Hall–Kier alpha value is -2.95. The molecule has 2 aromatic carbocycles. The zero-order valence-corrected chi connectivity index (χ0v) is 16.0. The summed E-state index contributed by atoms with van der Waals surface area (Å²) in [6, 6.07) is 17.0. The quantitative estimate of drug-likeness (QED) is 0.699. The van der Waals surface area contributed by atoms with Crippen LogP contribution in [0.15, 0.2) is 59.4 Å². The van der Waals surface area contributed by atoms with E-state index in [1.807, 2.05) is 53.4 Å². The van der Waals surface area contributed by atoms with Crippen molar-refractivity contribution in [2.45, 2.75) is 38.6 Å². The van der Waals surface area contributed by atoms with Gasteiger partial charge in [-0.15, -0.1) is 0 Å². The molecule has 0 radical (unpaired) electrons. The molecule has 5 nitrogen and oxygen atoms in total. The molecule has 3 aromatic rings. The van der Waals surface area contributed by atoms with Gasteiger partial charge >= 0.3 is 0 Å². The number of carbonyl (C=O) groups is 1. The van der Waals surface area contributed by atoms with Crippen molar-refractivity contribution in [1.29, 1.82) is 0 Å². The maximum absolute atomic E-state index is 13.3. The van der Waals surface area contributed by atoms with E-state index in [-0.39, 0.29) is 11.5 Å². The van der Waals surface area contributed by atoms with Gasteiger partial charge in [-0.1, -0.05) is 67.8 Å². The van der Waals surface area contributed by atoms with Crippen LogP contribution in [0.2, 0.25) is 0 Å². The predicted octanol–water partition coefficient (Wildman–Crippen LogP) is 3.85. The monoisotopic (exact) mass is 375 g/mol. The first-order valence-corrected chi connectivity index (χ1v) is 10.1. The highest BCUT2D eigenvalue weighted by molar-refractivity contribution is 6.04. The summed E-state index contributed by atoms with van der Waals surface area (Å²) >= 11 is 0. The number of aromatic nitrogens is 2. The molecule has 2 heterocycles. The number of rotatable bonds is 3. The van der Waals surface area contributed by atoms with Crippen LogP contribution in [0.1, 0.15) is 48.2 Å². The number of hydrogen-bond donors (Lipinski definition) is 0. The minimum Gasteiger partial charge on any atom is -0.337 e. The van der Waals surface area contributed by atoms with E-state index in [9.17, 15) is 9.59 Å². The number of nitrogens with zero attached hydrogens (tertiary/aromatic N) is 3. The maximum atomic E-state index is 13.3. The number of hydrogen-bond acceptors (Lipinski definition) is 3. The second-order valence-corrected chi connectivity index (χ2v) is 7.40. The number of benzene rings is 2. The standard InChI is InChI=1S/C23H25N3O2/c27-22-20-14-8-7-13-19(20)21(23(28)25-15-9-2-1-3-10-16-25)24-26(22)17-18-11-5-4-6-12-18/h4-8,11-14H,1-3,9-10,15-17H2. The highest BCUT2D eigenvalue weighted by Crippen LogP contribution is 2.18. The fraction of sp³-hybridized carbons (Fsp3) is 0.348. The van der Waals surface area contributed by atoms with Gasteiger partial charge in [0.25, 0.3) is 11.5 Å². The van der Waals surface area contributed by atoms with Gasteiger partial charge in [-0.05, 0) is 24.5 Å². The first-order chi connectivity index (χ1) is 13.7. The maximum Gasteiger partial charge on any atom is 0.274 e. The van der Waals surface area contributed by atoms with Crippen molar-refractivity contribution in [2.24, 2.45) is 0 Å².